The van der Waals surface area contributed by atoms with Crippen LogP contribution in [-0.4, -0.2) is 43.4 Å². The lowest BCUT2D eigenvalue weighted by Gasteiger charge is -2.27. The summed E-state index contributed by atoms with van der Waals surface area (Å²) >= 11 is 0. The minimum atomic E-state index is 0.715. The zero-order valence-corrected chi connectivity index (χ0v) is 14.5. The van der Waals surface area contributed by atoms with E-state index in [1.807, 2.05) is 24.3 Å². The van der Waals surface area contributed by atoms with Crippen LogP contribution in [0.5, 0.6) is 5.75 Å². The molecule has 1 aromatic heterocycles. The van der Waals surface area contributed by atoms with E-state index in [2.05, 4.69) is 30.0 Å². The van der Waals surface area contributed by atoms with Gasteiger partial charge in [-0.2, -0.15) is 0 Å². The Morgan fingerprint density at radius 3 is 2.48 bits per heavy atom. The van der Waals surface area contributed by atoms with Gasteiger partial charge in [-0.25, -0.2) is 9.97 Å². The van der Waals surface area contributed by atoms with Gasteiger partial charge in [0.05, 0.1) is 31.5 Å². The molecule has 0 bridgehead atoms. The fourth-order valence-corrected chi connectivity index (χ4v) is 3.10. The van der Waals surface area contributed by atoms with Crippen LogP contribution in [0.4, 0.5) is 5.95 Å². The first-order valence-electron chi connectivity index (χ1n) is 8.50. The molecular formula is C20H21N3O2. The monoisotopic (exact) mass is 335 g/mol. The van der Waals surface area contributed by atoms with Crippen molar-refractivity contribution in [3.63, 3.8) is 0 Å². The van der Waals surface area contributed by atoms with Crippen LogP contribution in [0.3, 0.4) is 0 Å². The van der Waals surface area contributed by atoms with Crippen molar-refractivity contribution in [2.45, 2.75) is 6.92 Å². The van der Waals surface area contributed by atoms with E-state index >= 15 is 0 Å². The van der Waals surface area contributed by atoms with Crippen LogP contribution in [0.15, 0.2) is 42.5 Å². The number of morpholine rings is 1. The molecule has 1 fully saturated rings. The van der Waals surface area contributed by atoms with Crippen molar-refractivity contribution < 1.29 is 9.47 Å². The van der Waals surface area contributed by atoms with Gasteiger partial charge in [-0.05, 0) is 43.3 Å². The number of methoxy groups -OCH3 is 1. The Kier molecular flexibility index (Phi) is 4.24. The number of fused-ring (bicyclic) bond motifs is 1. The second-order valence-electron chi connectivity index (χ2n) is 6.22. The maximum absolute atomic E-state index is 5.45. The summed E-state index contributed by atoms with van der Waals surface area (Å²) < 4.78 is 10.7. The molecule has 0 unspecified atom stereocenters. The van der Waals surface area contributed by atoms with E-state index in [1.165, 1.54) is 5.56 Å². The molecule has 0 aliphatic carbocycles. The third kappa shape index (κ3) is 3.15. The number of rotatable bonds is 3. The number of anilines is 1. The van der Waals surface area contributed by atoms with Crippen LogP contribution in [0.2, 0.25) is 0 Å². The van der Waals surface area contributed by atoms with Crippen molar-refractivity contribution in [3.8, 4) is 17.0 Å². The molecule has 5 heteroatoms. The molecule has 0 saturated carbocycles. The zero-order valence-electron chi connectivity index (χ0n) is 14.5. The SMILES string of the molecule is COc1ccc(-c2nc(N3CCOCC3)nc3ccc(C)cc23)cc1. The Morgan fingerprint density at radius 2 is 1.76 bits per heavy atom. The Labute approximate surface area is 147 Å². The first kappa shape index (κ1) is 15.8. The number of ether oxygens (including phenoxy) is 2. The van der Waals surface area contributed by atoms with E-state index < -0.39 is 0 Å². The molecule has 25 heavy (non-hydrogen) atoms. The maximum atomic E-state index is 5.45. The van der Waals surface area contributed by atoms with Crippen LogP contribution >= 0.6 is 0 Å². The van der Waals surface area contributed by atoms with Gasteiger partial charge in [0, 0.05) is 24.0 Å². The second kappa shape index (κ2) is 6.69. The lowest BCUT2D eigenvalue weighted by Crippen LogP contribution is -2.37. The summed E-state index contributed by atoms with van der Waals surface area (Å²) in [6, 6.07) is 14.3. The lowest BCUT2D eigenvalue weighted by atomic mass is 10.0. The van der Waals surface area contributed by atoms with Gasteiger partial charge in [0.15, 0.2) is 0 Å². The van der Waals surface area contributed by atoms with Crippen LogP contribution in [-0.2, 0) is 4.74 Å². The first-order chi connectivity index (χ1) is 12.2. The molecule has 0 N–H and O–H groups in total. The Morgan fingerprint density at radius 1 is 1.00 bits per heavy atom. The molecule has 1 aliphatic rings. The van der Waals surface area contributed by atoms with Gasteiger partial charge in [-0.3, -0.25) is 0 Å². The molecule has 1 aliphatic heterocycles. The molecule has 2 aromatic carbocycles. The predicted molar refractivity (Wildman–Crippen MR) is 99.3 cm³/mol. The summed E-state index contributed by atoms with van der Waals surface area (Å²) in [5, 5.41) is 1.07. The molecule has 4 rings (SSSR count). The highest BCUT2D eigenvalue weighted by Gasteiger charge is 2.17. The topological polar surface area (TPSA) is 47.5 Å². The summed E-state index contributed by atoms with van der Waals surface area (Å²) in [6.45, 7) is 5.16. The highest BCUT2D eigenvalue weighted by Crippen LogP contribution is 2.30. The normalized spacial score (nSPS) is 14.7. The van der Waals surface area contributed by atoms with E-state index in [1.54, 1.807) is 7.11 Å². The largest absolute Gasteiger partial charge is 0.497 e. The van der Waals surface area contributed by atoms with Crippen LogP contribution in [0.1, 0.15) is 5.56 Å². The lowest BCUT2D eigenvalue weighted by molar-refractivity contribution is 0.122. The van der Waals surface area contributed by atoms with E-state index in [9.17, 15) is 0 Å². The van der Waals surface area contributed by atoms with Crippen LogP contribution in [0, 0.1) is 6.92 Å². The molecule has 5 nitrogen and oxygen atoms in total. The summed E-state index contributed by atoms with van der Waals surface area (Å²) in [6.07, 6.45) is 0. The highest BCUT2D eigenvalue weighted by atomic mass is 16.5. The molecule has 0 spiro atoms. The molecule has 3 aromatic rings. The molecule has 0 amide bonds. The molecule has 0 atom stereocenters. The quantitative estimate of drug-likeness (QED) is 0.734. The Bertz CT molecular complexity index is 887. The van der Waals surface area contributed by atoms with Crippen molar-refractivity contribution in [2.24, 2.45) is 0 Å². The number of aromatic nitrogens is 2. The van der Waals surface area contributed by atoms with Crippen LogP contribution < -0.4 is 9.64 Å². The van der Waals surface area contributed by atoms with Crippen molar-refractivity contribution in [3.05, 3.63) is 48.0 Å². The van der Waals surface area contributed by atoms with Crippen LogP contribution in [0.25, 0.3) is 22.2 Å². The predicted octanol–water partition coefficient (Wildman–Crippen LogP) is 3.45. The number of hydrogen-bond donors (Lipinski definition) is 0. The van der Waals surface area contributed by atoms with E-state index in [-0.39, 0.29) is 0 Å². The minimum absolute atomic E-state index is 0.715. The van der Waals surface area contributed by atoms with Gasteiger partial charge in [-0.1, -0.05) is 11.6 Å². The third-order valence-corrected chi connectivity index (χ3v) is 4.50. The number of nitrogens with zero attached hydrogens (tertiary/aromatic N) is 3. The number of aryl methyl sites for hydroxylation is 1. The second-order valence-corrected chi connectivity index (χ2v) is 6.22. The summed E-state index contributed by atoms with van der Waals surface area (Å²) in [4.78, 5) is 11.9. The first-order valence-corrected chi connectivity index (χ1v) is 8.50. The molecule has 0 radical (unpaired) electrons. The molecular weight excluding hydrogens is 314 g/mol. The molecule has 2 heterocycles. The maximum Gasteiger partial charge on any atom is 0.226 e. The summed E-state index contributed by atoms with van der Waals surface area (Å²) in [5.74, 6) is 1.61. The van der Waals surface area contributed by atoms with Gasteiger partial charge in [0.1, 0.15) is 5.75 Å². The fourth-order valence-electron chi connectivity index (χ4n) is 3.10. The molecule has 128 valence electrons. The highest BCUT2D eigenvalue weighted by molar-refractivity contribution is 5.93. The van der Waals surface area contributed by atoms with Crippen molar-refractivity contribution in [2.75, 3.05) is 38.3 Å². The standard InChI is InChI=1S/C20H21N3O2/c1-14-3-8-18-17(13-14)19(15-4-6-16(24-2)7-5-15)22-20(21-18)23-9-11-25-12-10-23/h3-8,13H,9-12H2,1-2H3. The van der Waals surface area contributed by atoms with Gasteiger partial charge in [0.25, 0.3) is 0 Å². The Hall–Kier alpha value is -2.66. The smallest absolute Gasteiger partial charge is 0.226 e. The Balaban J connectivity index is 1.87. The summed E-state index contributed by atoms with van der Waals surface area (Å²) in [5.41, 5.74) is 4.18. The number of hydrogen-bond acceptors (Lipinski definition) is 5. The molecule has 1 saturated heterocycles. The van der Waals surface area contributed by atoms with Gasteiger partial charge in [0.2, 0.25) is 5.95 Å². The van der Waals surface area contributed by atoms with E-state index in [0.717, 1.165) is 46.9 Å². The van der Waals surface area contributed by atoms with E-state index in [4.69, 9.17) is 19.4 Å². The average molecular weight is 335 g/mol. The average Bonchev–Trinajstić information content (AvgIpc) is 2.68. The zero-order chi connectivity index (χ0) is 17.2. The van der Waals surface area contributed by atoms with Crippen molar-refractivity contribution in [1.29, 1.82) is 0 Å². The summed E-state index contributed by atoms with van der Waals surface area (Å²) in [7, 11) is 1.68. The van der Waals surface area contributed by atoms with Gasteiger partial charge >= 0.3 is 0 Å². The van der Waals surface area contributed by atoms with Gasteiger partial charge in [-0.15, -0.1) is 0 Å². The van der Waals surface area contributed by atoms with Crippen molar-refractivity contribution in [1.82, 2.24) is 9.97 Å². The minimum Gasteiger partial charge on any atom is -0.497 e. The number of benzene rings is 2. The third-order valence-electron chi connectivity index (χ3n) is 4.50. The fraction of sp³-hybridized carbons (Fsp3) is 0.300. The van der Waals surface area contributed by atoms with Crippen molar-refractivity contribution >= 4 is 16.9 Å². The van der Waals surface area contributed by atoms with Gasteiger partial charge < -0.3 is 14.4 Å². The van der Waals surface area contributed by atoms with E-state index in [0.29, 0.717) is 13.2 Å².